The highest BCUT2D eigenvalue weighted by Crippen LogP contribution is 2.17. The van der Waals surface area contributed by atoms with E-state index in [2.05, 4.69) is 5.32 Å². The lowest BCUT2D eigenvalue weighted by Gasteiger charge is -2.32. The van der Waals surface area contributed by atoms with Crippen LogP contribution < -0.4 is 5.32 Å². The minimum absolute atomic E-state index is 0.00668. The molecule has 25 heavy (non-hydrogen) atoms. The first-order chi connectivity index (χ1) is 11.7. The third-order valence-electron chi connectivity index (χ3n) is 4.05. The molecule has 1 aromatic carbocycles. The Morgan fingerprint density at radius 3 is 2.40 bits per heavy atom. The summed E-state index contributed by atoms with van der Waals surface area (Å²) in [6.07, 6.45) is 2.68. The average molecular weight is 362 g/mol. The van der Waals surface area contributed by atoms with Crippen molar-refractivity contribution in [2.45, 2.75) is 13.8 Å². The van der Waals surface area contributed by atoms with Gasteiger partial charge in [-0.1, -0.05) is 17.7 Å². The number of nitriles is 1. The van der Waals surface area contributed by atoms with Gasteiger partial charge in [0, 0.05) is 38.1 Å². The molecule has 1 heterocycles. The second-order valence-electron chi connectivity index (χ2n) is 6.13. The van der Waals surface area contributed by atoms with E-state index in [1.807, 2.05) is 38.1 Å². The first-order valence-corrected chi connectivity index (χ1v) is 9.75. The summed E-state index contributed by atoms with van der Waals surface area (Å²) >= 11 is 0. The number of aryl methyl sites for hydroxylation is 2. The van der Waals surface area contributed by atoms with Crippen LogP contribution >= 0.6 is 0 Å². The van der Waals surface area contributed by atoms with Crippen molar-refractivity contribution in [2.24, 2.45) is 0 Å². The standard InChI is InChI=1S/C17H22N4O3S/c1-13-4-5-16(14(2)10-13)19-17(22)15(11-18)12-20-6-8-21(9-7-20)25(3,23)24/h4-5,10,12H,6-9H2,1-3H3,(H,19,22)/b15-12-. The van der Waals surface area contributed by atoms with Gasteiger partial charge in [-0.3, -0.25) is 4.79 Å². The van der Waals surface area contributed by atoms with E-state index in [0.717, 1.165) is 11.1 Å². The van der Waals surface area contributed by atoms with Crippen molar-refractivity contribution >= 4 is 21.6 Å². The molecule has 1 amide bonds. The fourth-order valence-corrected chi connectivity index (χ4v) is 3.46. The van der Waals surface area contributed by atoms with Crippen molar-refractivity contribution in [2.75, 3.05) is 37.8 Å². The number of piperazine rings is 1. The molecule has 7 nitrogen and oxygen atoms in total. The van der Waals surface area contributed by atoms with Crippen LogP contribution in [-0.4, -0.2) is 56.0 Å². The SMILES string of the molecule is Cc1ccc(NC(=O)/C(C#N)=C\N2CCN(S(C)(=O)=O)CC2)c(C)c1. The molecule has 8 heteroatoms. The molecular weight excluding hydrogens is 340 g/mol. The molecule has 1 aliphatic heterocycles. The Morgan fingerprint density at radius 2 is 1.88 bits per heavy atom. The number of benzene rings is 1. The van der Waals surface area contributed by atoms with E-state index in [-0.39, 0.29) is 5.57 Å². The van der Waals surface area contributed by atoms with Gasteiger partial charge in [-0.15, -0.1) is 0 Å². The van der Waals surface area contributed by atoms with Gasteiger partial charge in [-0.05, 0) is 25.5 Å². The molecule has 1 aromatic rings. The number of carbonyl (C=O) groups is 1. The minimum Gasteiger partial charge on any atom is -0.373 e. The van der Waals surface area contributed by atoms with Crippen molar-refractivity contribution < 1.29 is 13.2 Å². The normalized spacial score (nSPS) is 16.4. The van der Waals surface area contributed by atoms with E-state index in [9.17, 15) is 18.5 Å². The second kappa shape index (κ2) is 7.68. The lowest BCUT2D eigenvalue weighted by molar-refractivity contribution is -0.112. The molecular formula is C17H22N4O3S. The molecule has 0 saturated carbocycles. The molecule has 0 spiro atoms. The van der Waals surface area contributed by atoms with Gasteiger partial charge in [0.1, 0.15) is 11.6 Å². The molecule has 1 saturated heterocycles. The maximum Gasteiger partial charge on any atom is 0.267 e. The predicted molar refractivity (Wildman–Crippen MR) is 96.2 cm³/mol. The van der Waals surface area contributed by atoms with E-state index in [0.29, 0.717) is 31.9 Å². The molecule has 0 aromatic heterocycles. The number of nitrogens with zero attached hydrogens (tertiary/aromatic N) is 3. The quantitative estimate of drug-likeness (QED) is 0.642. The van der Waals surface area contributed by atoms with Crippen LogP contribution in [0.2, 0.25) is 0 Å². The van der Waals surface area contributed by atoms with E-state index in [4.69, 9.17) is 0 Å². The molecule has 0 atom stereocenters. The highest BCUT2D eigenvalue weighted by atomic mass is 32.2. The molecule has 1 fully saturated rings. The molecule has 0 unspecified atom stereocenters. The Hall–Kier alpha value is -2.37. The summed E-state index contributed by atoms with van der Waals surface area (Å²) in [5.74, 6) is -0.472. The van der Waals surface area contributed by atoms with Gasteiger partial charge in [-0.25, -0.2) is 8.42 Å². The third kappa shape index (κ3) is 5.05. The van der Waals surface area contributed by atoms with Gasteiger partial charge < -0.3 is 10.2 Å². The second-order valence-corrected chi connectivity index (χ2v) is 8.11. The predicted octanol–water partition coefficient (Wildman–Crippen LogP) is 1.23. The fourth-order valence-electron chi connectivity index (χ4n) is 2.63. The molecule has 1 aliphatic rings. The maximum absolute atomic E-state index is 12.3. The summed E-state index contributed by atoms with van der Waals surface area (Å²) < 4.78 is 24.4. The molecule has 134 valence electrons. The molecule has 1 N–H and O–H groups in total. The lowest BCUT2D eigenvalue weighted by atomic mass is 10.1. The average Bonchev–Trinajstić information content (AvgIpc) is 2.54. The van der Waals surface area contributed by atoms with Crippen LogP contribution in [0.25, 0.3) is 0 Å². The van der Waals surface area contributed by atoms with Crippen LogP contribution in [0.3, 0.4) is 0 Å². The number of carbonyl (C=O) groups excluding carboxylic acids is 1. The number of hydrogen-bond donors (Lipinski definition) is 1. The highest BCUT2D eigenvalue weighted by molar-refractivity contribution is 7.88. The number of sulfonamides is 1. The van der Waals surface area contributed by atoms with Gasteiger partial charge in [0.05, 0.1) is 6.26 Å². The molecule has 0 bridgehead atoms. The van der Waals surface area contributed by atoms with Crippen LogP contribution in [0.1, 0.15) is 11.1 Å². The number of nitrogens with one attached hydrogen (secondary N) is 1. The zero-order valence-electron chi connectivity index (χ0n) is 14.6. The van der Waals surface area contributed by atoms with Crippen molar-refractivity contribution in [3.63, 3.8) is 0 Å². The van der Waals surface area contributed by atoms with Gasteiger partial charge in [0.25, 0.3) is 5.91 Å². The summed E-state index contributed by atoms with van der Waals surface area (Å²) in [4.78, 5) is 14.1. The summed E-state index contributed by atoms with van der Waals surface area (Å²) in [6, 6.07) is 7.57. The van der Waals surface area contributed by atoms with Crippen molar-refractivity contribution in [3.05, 3.63) is 41.1 Å². The van der Waals surface area contributed by atoms with Crippen LogP contribution in [0.4, 0.5) is 5.69 Å². The van der Waals surface area contributed by atoms with E-state index in [1.54, 1.807) is 4.90 Å². The van der Waals surface area contributed by atoms with Gasteiger partial charge in [-0.2, -0.15) is 9.57 Å². The molecule has 2 rings (SSSR count). The lowest BCUT2D eigenvalue weighted by Crippen LogP contribution is -2.46. The van der Waals surface area contributed by atoms with Gasteiger partial charge in [0.15, 0.2) is 0 Å². The smallest absolute Gasteiger partial charge is 0.267 e. The van der Waals surface area contributed by atoms with E-state index in [1.165, 1.54) is 16.8 Å². The number of rotatable bonds is 4. The minimum atomic E-state index is -3.21. The van der Waals surface area contributed by atoms with Crippen molar-refractivity contribution in [1.82, 2.24) is 9.21 Å². The first-order valence-electron chi connectivity index (χ1n) is 7.90. The first kappa shape index (κ1) is 19.0. The van der Waals surface area contributed by atoms with Crippen LogP contribution in [0.15, 0.2) is 30.0 Å². The molecule has 0 aliphatic carbocycles. The van der Waals surface area contributed by atoms with Gasteiger partial charge >= 0.3 is 0 Å². The summed E-state index contributed by atoms with van der Waals surface area (Å²) in [7, 11) is -3.21. The Balaban J connectivity index is 2.05. The third-order valence-corrected chi connectivity index (χ3v) is 5.35. The Morgan fingerprint density at radius 1 is 1.24 bits per heavy atom. The van der Waals surface area contributed by atoms with Crippen molar-refractivity contribution in [1.29, 1.82) is 5.26 Å². The van der Waals surface area contributed by atoms with E-state index < -0.39 is 15.9 Å². The summed E-state index contributed by atoms with van der Waals surface area (Å²) in [6.45, 7) is 5.42. The Labute approximate surface area is 148 Å². The number of anilines is 1. The highest BCUT2D eigenvalue weighted by Gasteiger charge is 2.23. The fraction of sp³-hybridized carbons (Fsp3) is 0.412. The zero-order chi connectivity index (χ0) is 18.6. The Kier molecular flexibility index (Phi) is 5.82. The Bertz CT molecular complexity index is 832. The van der Waals surface area contributed by atoms with Crippen LogP contribution in [0.5, 0.6) is 0 Å². The zero-order valence-corrected chi connectivity index (χ0v) is 15.4. The van der Waals surface area contributed by atoms with Crippen molar-refractivity contribution in [3.8, 4) is 6.07 Å². The molecule has 0 radical (unpaired) electrons. The summed E-state index contributed by atoms with van der Waals surface area (Å²) in [5, 5.41) is 12.0. The maximum atomic E-state index is 12.3. The van der Waals surface area contributed by atoms with Crippen LogP contribution in [-0.2, 0) is 14.8 Å². The summed E-state index contributed by atoms with van der Waals surface area (Å²) in [5.41, 5.74) is 2.68. The topological polar surface area (TPSA) is 93.5 Å². The van der Waals surface area contributed by atoms with Crippen LogP contribution in [0, 0.1) is 25.2 Å². The number of amides is 1. The van der Waals surface area contributed by atoms with Gasteiger partial charge in [0.2, 0.25) is 10.0 Å². The van der Waals surface area contributed by atoms with E-state index >= 15 is 0 Å². The largest absolute Gasteiger partial charge is 0.373 e. The monoisotopic (exact) mass is 362 g/mol. The number of hydrogen-bond acceptors (Lipinski definition) is 5.